The van der Waals surface area contributed by atoms with Gasteiger partial charge >= 0.3 is 11.9 Å². The molecule has 7 N–H and O–H groups in total. The molecule has 5 rings (SSSR count). The van der Waals surface area contributed by atoms with E-state index >= 15 is 0 Å². The number of carbonyl (C=O) groups is 2. The van der Waals surface area contributed by atoms with Gasteiger partial charge in [-0.3, -0.25) is 4.55 Å². The molecule has 5 aromatic carbocycles. The maximum absolute atomic E-state index is 12.3. The molecule has 0 saturated carbocycles. The molecule has 15 nitrogen and oxygen atoms in total. The number of hydrogen-bond acceptors (Lipinski definition) is 12. The number of nitrogen functional groups attached to an aromatic ring is 1. The van der Waals surface area contributed by atoms with E-state index in [-0.39, 0.29) is 44.7 Å². The fourth-order valence-electron chi connectivity index (χ4n) is 4.36. The van der Waals surface area contributed by atoms with Gasteiger partial charge in [-0.1, -0.05) is 6.07 Å². The van der Waals surface area contributed by atoms with Gasteiger partial charge in [-0.25, -0.2) is 9.59 Å². The molecule has 0 aromatic heterocycles. The van der Waals surface area contributed by atoms with Crippen molar-refractivity contribution in [3.05, 3.63) is 96.1 Å². The fourth-order valence-corrected chi connectivity index (χ4v) is 5.02. The fraction of sp³-hybridized carbons (Fsp3) is 0.0323. The number of carboxylic acid groups (broad SMARTS) is 2. The summed E-state index contributed by atoms with van der Waals surface area (Å²) in [5.41, 5.74) is 7.41. The molecule has 0 aliphatic rings. The lowest BCUT2D eigenvalue weighted by Gasteiger charge is -2.12. The van der Waals surface area contributed by atoms with Gasteiger partial charge in [-0.15, -0.1) is 15.3 Å². The number of nitrogens with zero attached hydrogens (tertiary/aromatic N) is 4. The lowest BCUT2D eigenvalue weighted by atomic mass is 10.1. The number of methoxy groups -OCH3 is 1. The Bertz CT molecular complexity index is 2200. The third-order valence-electron chi connectivity index (χ3n) is 6.72. The molecule has 0 amide bonds. The highest BCUT2D eigenvalue weighted by Gasteiger charge is 2.23. The van der Waals surface area contributed by atoms with Crippen molar-refractivity contribution < 1.29 is 42.6 Å². The van der Waals surface area contributed by atoms with Crippen molar-refractivity contribution in [2.75, 3.05) is 18.2 Å². The highest BCUT2D eigenvalue weighted by atomic mass is 32.2. The maximum Gasteiger partial charge on any atom is 0.335 e. The van der Waals surface area contributed by atoms with E-state index in [0.29, 0.717) is 17.1 Å². The van der Waals surface area contributed by atoms with Gasteiger partial charge in [0.1, 0.15) is 27.7 Å². The van der Waals surface area contributed by atoms with Gasteiger partial charge in [0, 0.05) is 22.8 Å². The van der Waals surface area contributed by atoms with Crippen molar-refractivity contribution in [2.45, 2.75) is 4.90 Å². The van der Waals surface area contributed by atoms with Gasteiger partial charge in [0.2, 0.25) is 0 Å². The van der Waals surface area contributed by atoms with Crippen molar-refractivity contribution in [3.63, 3.8) is 0 Å². The van der Waals surface area contributed by atoms with Gasteiger partial charge in [0.25, 0.3) is 10.1 Å². The van der Waals surface area contributed by atoms with Crippen LogP contribution in [0.2, 0.25) is 0 Å². The van der Waals surface area contributed by atoms with Crippen LogP contribution in [0.1, 0.15) is 20.7 Å². The summed E-state index contributed by atoms with van der Waals surface area (Å²) in [7, 11) is -3.56. The average Bonchev–Trinajstić information content (AvgIpc) is 3.04. The molecular formula is C31H24N6O9S. The molecule has 0 atom stereocenters. The molecule has 0 radical (unpaired) electrons. The number of phenols is 1. The molecule has 0 bridgehead atoms. The number of nitrogens with two attached hydrogens (primary N) is 1. The highest BCUT2D eigenvalue weighted by Crippen LogP contribution is 2.44. The van der Waals surface area contributed by atoms with Crippen molar-refractivity contribution in [1.29, 1.82) is 0 Å². The molecule has 47 heavy (non-hydrogen) atoms. The predicted octanol–water partition coefficient (Wildman–Crippen LogP) is 7.35. The molecule has 0 spiro atoms. The van der Waals surface area contributed by atoms with Crippen molar-refractivity contribution in [2.24, 2.45) is 20.5 Å². The number of azo groups is 2. The number of phenolic OH excluding ortho intramolecular Hbond substituents is 1. The summed E-state index contributed by atoms with van der Waals surface area (Å²) in [4.78, 5) is 21.5. The lowest BCUT2D eigenvalue weighted by molar-refractivity contribution is 0.0686. The Hall–Kier alpha value is -6.39. The summed E-state index contributed by atoms with van der Waals surface area (Å²) >= 11 is 0. The minimum absolute atomic E-state index is 0.0239. The second kappa shape index (κ2) is 12.9. The normalized spacial score (nSPS) is 11.7. The van der Waals surface area contributed by atoms with Crippen LogP contribution in [-0.2, 0) is 10.1 Å². The number of nitrogens with one attached hydrogen (secondary N) is 1. The quantitative estimate of drug-likeness (QED) is 0.0492. The topological polar surface area (TPSA) is 246 Å². The monoisotopic (exact) mass is 656 g/mol. The van der Waals surface area contributed by atoms with Gasteiger partial charge in [-0.05, 0) is 78.2 Å². The van der Waals surface area contributed by atoms with Crippen LogP contribution >= 0.6 is 0 Å². The van der Waals surface area contributed by atoms with E-state index in [1.807, 2.05) is 0 Å². The van der Waals surface area contributed by atoms with E-state index in [2.05, 4.69) is 25.8 Å². The standard InChI is InChI=1S/C31H24N6O9S/c1-46-26-15-24(35-34-20-9-4-17(5-10-20)31(41)42)23(32)14-25(26)36-37-28-27(47(43,44)45)12-18-6-11-21(13-22(18)29(28)38)33-19-7-2-16(3-8-19)30(39)40/h2-15,33,38H,32H2,1H3,(H,39,40)(H,41,42)(H,43,44,45)/b35-34+,37-36+. The summed E-state index contributed by atoms with van der Waals surface area (Å²) in [6.07, 6.45) is 0. The number of anilines is 3. The zero-order valence-corrected chi connectivity index (χ0v) is 25.0. The molecule has 0 heterocycles. The summed E-state index contributed by atoms with van der Waals surface area (Å²) in [5, 5.41) is 48.9. The Morgan fingerprint density at radius 2 is 1.36 bits per heavy atom. The van der Waals surface area contributed by atoms with E-state index in [0.717, 1.165) is 6.07 Å². The van der Waals surface area contributed by atoms with E-state index in [9.17, 15) is 27.7 Å². The van der Waals surface area contributed by atoms with Gasteiger partial charge in [0.05, 0.1) is 29.6 Å². The number of fused-ring (bicyclic) bond motifs is 1. The molecule has 16 heteroatoms. The van der Waals surface area contributed by atoms with E-state index < -0.39 is 38.4 Å². The second-order valence-corrected chi connectivity index (χ2v) is 11.2. The smallest absolute Gasteiger partial charge is 0.335 e. The Morgan fingerprint density at radius 1 is 0.766 bits per heavy atom. The largest absolute Gasteiger partial charge is 0.505 e. The Labute approximate surface area is 266 Å². The molecular weight excluding hydrogens is 632 g/mol. The Morgan fingerprint density at radius 3 is 1.96 bits per heavy atom. The van der Waals surface area contributed by atoms with Crippen LogP contribution in [0.15, 0.2) is 110 Å². The number of rotatable bonds is 10. The number of aromatic carboxylic acids is 2. The SMILES string of the molecule is COc1cc(/N=N/c2ccc(C(=O)O)cc2)c(N)cc1/N=N/c1c(S(=O)(=O)O)cc2ccc(Nc3ccc(C(=O)O)cc3)cc2c1O. The molecule has 238 valence electrons. The number of benzene rings is 5. The predicted molar refractivity (Wildman–Crippen MR) is 171 cm³/mol. The molecule has 0 fully saturated rings. The molecule has 0 aliphatic carbocycles. The molecule has 0 saturated heterocycles. The van der Waals surface area contributed by atoms with Gasteiger partial charge in [-0.2, -0.15) is 13.5 Å². The zero-order chi connectivity index (χ0) is 33.9. The van der Waals surface area contributed by atoms with E-state index in [4.69, 9.17) is 20.7 Å². The molecule has 0 unspecified atom stereocenters. The van der Waals surface area contributed by atoms with Gasteiger partial charge < -0.3 is 31.1 Å². The summed E-state index contributed by atoms with van der Waals surface area (Å²) in [6, 6.07) is 20.1. The number of carboxylic acids is 2. The van der Waals surface area contributed by atoms with Crippen LogP contribution in [0.25, 0.3) is 10.8 Å². The van der Waals surface area contributed by atoms with Crippen LogP contribution in [-0.4, -0.2) is 47.3 Å². The minimum atomic E-state index is -4.89. The highest BCUT2D eigenvalue weighted by molar-refractivity contribution is 7.86. The van der Waals surface area contributed by atoms with E-state index in [1.54, 1.807) is 18.2 Å². The van der Waals surface area contributed by atoms with E-state index in [1.165, 1.54) is 67.8 Å². The Kier molecular flexibility index (Phi) is 8.80. The molecule has 0 aliphatic heterocycles. The average molecular weight is 657 g/mol. The number of ether oxygens (including phenoxy) is 1. The molecule has 5 aromatic rings. The van der Waals surface area contributed by atoms with Crippen LogP contribution < -0.4 is 15.8 Å². The maximum atomic E-state index is 12.3. The number of hydrogen-bond donors (Lipinski definition) is 6. The summed E-state index contributed by atoms with van der Waals surface area (Å²) in [6.45, 7) is 0. The van der Waals surface area contributed by atoms with Crippen molar-refractivity contribution in [1.82, 2.24) is 0 Å². The third-order valence-corrected chi connectivity index (χ3v) is 7.59. The first-order valence-electron chi connectivity index (χ1n) is 13.4. The second-order valence-electron chi connectivity index (χ2n) is 9.83. The summed E-state index contributed by atoms with van der Waals surface area (Å²) in [5.74, 6) is -2.66. The van der Waals surface area contributed by atoms with Crippen LogP contribution in [0.5, 0.6) is 11.5 Å². The number of aromatic hydroxyl groups is 1. The minimum Gasteiger partial charge on any atom is -0.505 e. The first-order valence-corrected chi connectivity index (χ1v) is 14.8. The van der Waals surface area contributed by atoms with Gasteiger partial charge in [0.15, 0.2) is 5.75 Å². The first kappa shape index (κ1) is 32.0. The van der Waals surface area contributed by atoms with Crippen molar-refractivity contribution >= 4 is 72.6 Å². The van der Waals surface area contributed by atoms with Crippen LogP contribution in [0.4, 0.5) is 39.8 Å². The first-order chi connectivity index (χ1) is 22.3. The third kappa shape index (κ3) is 7.14. The summed E-state index contributed by atoms with van der Waals surface area (Å²) < 4.78 is 39.9. The van der Waals surface area contributed by atoms with Crippen LogP contribution in [0.3, 0.4) is 0 Å². The Balaban J connectivity index is 1.50. The van der Waals surface area contributed by atoms with Crippen molar-refractivity contribution in [3.8, 4) is 11.5 Å². The van der Waals surface area contributed by atoms with Crippen LogP contribution in [0, 0.1) is 0 Å². The zero-order valence-electron chi connectivity index (χ0n) is 24.2. The lowest BCUT2D eigenvalue weighted by Crippen LogP contribution is -1.99.